The largest absolute Gasteiger partial charge is 0.573 e. The van der Waals surface area contributed by atoms with Gasteiger partial charge < -0.3 is 18.7 Å². The topological polar surface area (TPSA) is 84.4 Å². The number of halogens is 3. The first-order valence-electron chi connectivity index (χ1n) is 9.29. The smallest absolute Gasteiger partial charge is 0.493 e. The number of hydrogen-bond donors (Lipinski definition) is 0. The van der Waals surface area contributed by atoms with Crippen LogP contribution in [0.5, 0.6) is 17.2 Å². The van der Waals surface area contributed by atoms with Crippen molar-refractivity contribution in [2.75, 3.05) is 14.2 Å². The van der Waals surface area contributed by atoms with Crippen molar-refractivity contribution in [2.24, 2.45) is 0 Å². The molecule has 0 fully saturated rings. The summed E-state index contributed by atoms with van der Waals surface area (Å²) in [5, 5.41) is 12.2. The maximum Gasteiger partial charge on any atom is 0.573 e. The highest BCUT2D eigenvalue weighted by Crippen LogP contribution is 2.32. The van der Waals surface area contributed by atoms with E-state index in [2.05, 4.69) is 20.2 Å². The second-order valence-electron chi connectivity index (χ2n) is 6.62. The van der Waals surface area contributed by atoms with E-state index >= 15 is 0 Å². The molecule has 8 nitrogen and oxygen atoms in total. The molecule has 0 aliphatic rings. The van der Waals surface area contributed by atoms with E-state index in [4.69, 9.17) is 14.0 Å². The summed E-state index contributed by atoms with van der Waals surface area (Å²) in [6.45, 7) is 0.266. The molecule has 11 heteroatoms. The fourth-order valence-electron chi connectivity index (χ4n) is 3.01. The van der Waals surface area contributed by atoms with Gasteiger partial charge in [-0.15, -0.1) is 18.3 Å². The number of aromatic nitrogens is 4. The SMILES string of the molecule is COc1ccc(-c2cc(Cn3cc(-c4ccc(OC(F)(F)F)cc4)nn3)on2)cc1OC. The molecule has 2 aromatic heterocycles. The Labute approximate surface area is 180 Å². The lowest BCUT2D eigenvalue weighted by atomic mass is 10.1. The zero-order valence-corrected chi connectivity index (χ0v) is 17.0. The summed E-state index contributed by atoms with van der Waals surface area (Å²) in [7, 11) is 3.11. The molecule has 0 radical (unpaired) electrons. The number of ether oxygens (including phenoxy) is 3. The van der Waals surface area contributed by atoms with Crippen LogP contribution in [0, 0.1) is 0 Å². The fraction of sp³-hybridized carbons (Fsp3) is 0.190. The quantitative estimate of drug-likeness (QED) is 0.411. The van der Waals surface area contributed by atoms with Crippen LogP contribution >= 0.6 is 0 Å². The minimum Gasteiger partial charge on any atom is -0.493 e. The van der Waals surface area contributed by atoms with Crippen LogP contribution in [-0.4, -0.2) is 40.7 Å². The molecule has 0 N–H and O–H groups in total. The third kappa shape index (κ3) is 4.82. The van der Waals surface area contributed by atoms with Crippen molar-refractivity contribution in [1.29, 1.82) is 0 Å². The third-order valence-electron chi connectivity index (χ3n) is 4.48. The highest BCUT2D eigenvalue weighted by molar-refractivity contribution is 5.64. The number of nitrogens with zero attached hydrogens (tertiary/aromatic N) is 4. The van der Waals surface area contributed by atoms with Crippen molar-refractivity contribution in [3.05, 3.63) is 60.5 Å². The number of methoxy groups -OCH3 is 2. The minimum atomic E-state index is -4.74. The summed E-state index contributed by atoms with van der Waals surface area (Å²) in [6, 6.07) is 12.5. The Morgan fingerprint density at radius 3 is 2.31 bits per heavy atom. The molecule has 0 atom stereocenters. The van der Waals surface area contributed by atoms with E-state index in [1.165, 1.54) is 28.9 Å². The first-order valence-corrected chi connectivity index (χ1v) is 9.29. The van der Waals surface area contributed by atoms with E-state index in [9.17, 15) is 13.2 Å². The van der Waals surface area contributed by atoms with Gasteiger partial charge in [0.15, 0.2) is 17.3 Å². The van der Waals surface area contributed by atoms with Gasteiger partial charge in [-0.1, -0.05) is 10.4 Å². The van der Waals surface area contributed by atoms with Gasteiger partial charge in [0.1, 0.15) is 23.7 Å². The molecule has 0 saturated heterocycles. The molecule has 0 aliphatic carbocycles. The molecule has 4 aromatic rings. The first kappa shape index (κ1) is 21.2. The Hall–Kier alpha value is -4.02. The first-order chi connectivity index (χ1) is 15.3. The molecule has 0 spiro atoms. The summed E-state index contributed by atoms with van der Waals surface area (Å²) < 4.78 is 58.2. The van der Waals surface area contributed by atoms with Crippen LogP contribution in [0.3, 0.4) is 0 Å². The van der Waals surface area contributed by atoms with Gasteiger partial charge in [0.2, 0.25) is 0 Å². The fourth-order valence-corrected chi connectivity index (χ4v) is 3.01. The van der Waals surface area contributed by atoms with E-state index in [1.807, 2.05) is 6.07 Å². The second kappa shape index (κ2) is 8.61. The van der Waals surface area contributed by atoms with Gasteiger partial charge in [-0.2, -0.15) is 0 Å². The summed E-state index contributed by atoms with van der Waals surface area (Å²) in [5.41, 5.74) is 2.48. The minimum absolute atomic E-state index is 0.266. The Balaban J connectivity index is 1.46. The van der Waals surface area contributed by atoms with Gasteiger partial charge >= 0.3 is 6.36 Å². The predicted molar refractivity (Wildman–Crippen MR) is 106 cm³/mol. The van der Waals surface area contributed by atoms with Gasteiger partial charge in [-0.05, 0) is 42.5 Å². The van der Waals surface area contributed by atoms with E-state index < -0.39 is 6.36 Å². The average molecular weight is 446 g/mol. The molecule has 2 heterocycles. The Morgan fingerprint density at radius 2 is 1.62 bits per heavy atom. The molecule has 0 unspecified atom stereocenters. The maximum atomic E-state index is 12.3. The molecule has 4 rings (SSSR count). The van der Waals surface area contributed by atoms with Crippen LogP contribution in [0.25, 0.3) is 22.5 Å². The molecule has 0 bridgehead atoms. The van der Waals surface area contributed by atoms with E-state index in [0.717, 1.165) is 5.56 Å². The van der Waals surface area contributed by atoms with Gasteiger partial charge in [0, 0.05) is 17.2 Å². The molecule has 0 saturated carbocycles. The van der Waals surface area contributed by atoms with Crippen LogP contribution in [0.4, 0.5) is 13.2 Å². The lowest BCUT2D eigenvalue weighted by Crippen LogP contribution is -2.16. The third-order valence-corrected chi connectivity index (χ3v) is 4.48. The van der Waals surface area contributed by atoms with E-state index in [-0.39, 0.29) is 12.3 Å². The van der Waals surface area contributed by atoms with Gasteiger partial charge in [0.25, 0.3) is 0 Å². The molecular formula is C21H17F3N4O4. The van der Waals surface area contributed by atoms with Crippen LogP contribution in [-0.2, 0) is 6.54 Å². The Morgan fingerprint density at radius 1 is 0.906 bits per heavy atom. The molecular weight excluding hydrogens is 429 g/mol. The highest BCUT2D eigenvalue weighted by atomic mass is 19.4. The van der Waals surface area contributed by atoms with Crippen LogP contribution in [0.2, 0.25) is 0 Å². The Kier molecular flexibility index (Phi) is 5.71. The maximum absolute atomic E-state index is 12.3. The monoisotopic (exact) mass is 446 g/mol. The summed E-state index contributed by atoms with van der Waals surface area (Å²) in [6.07, 6.45) is -3.09. The predicted octanol–water partition coefficient (Wildman–Crippen LogP) is 4.56. The lowest BCUT2D eigenvalue weighted by Gasteiger charge is -2.08. The van der Waals surface area contributed by atoms with E-state index in [0.29, 0.717) is 34.2 Å². The normalized spacial score (nSPS) is 11.4. The van der Waals surface area contributed by atoms with Crippen molar-refractivity contribution in [3.8, 4) is 39.8 Å². The summed E-state index contributed by atoms with van der Waals surface area (Å²) >= 11 is 0. The van der Waals surface area contributed by atoms with Crippen molar-refractivity contribution < 1.29 is 31.9 Å². The van der Waals surface area contributed by atoms with Crippen molar-refractivity contribution in [2.45, 2.75) is 12.9 Å². The van der Waals surface area contributed by atoms with Gasteiger partial charge in [-0.3, -0.25) is 0 Å². The highest BCUT2D eigenvalue weighted by Gasteiger charge is 2.31. The number of benzene rings is 2. The summed E-state index contributed by atoms with van der Waals surface area (Å²) in [4.78, 5) is 0. The van der Waals surface area contributed by atoms with Crippen molar-refractivity contribution in [1.82, 2.24) is 20.2 Å². The van der Waals surface area contributed by atoms with E-state index in [1.54, 1.807) is 38.6 Å². The van der Waals surface area contributed by atoms with Gasteiger partial charge in [-0.25, -0.2) is 4.68 Å². The van der Waals surface area contributed by atoms with Crippen LogP contribution in [0.1, 0.15) is 5.76 Å². The standard InChI is InChI=1S/C21H17F3N4O4/c1-29-19-8-5-14(9-20(19)30-2)17-10-16(32-26-17)11-28-12-18(25-27-28)13-3-6-15(7-4-13)31-21(22,23)24/h3-10,12H,11H2,1-2H3. The van der Waals surface area contributed by atoms with Crippen LogP contribution < -0.4 is 14.2 Å². The molecule has 2 aromatic carbocycles. The molecule has 0 aliphatic heterocycles. The van der Waals surface area contributed by atoms with Gasteiger partial charge in [0.05, 0.1) is 20.4 Å². The zero-order valence-electron chi connectivity index (χ0n) is 17.0. The molecule has 166 valence electrons. The molecule has 32 heavy (non-hydrogen) atoms. The number of rotatable bonds is 7. The Bertz CT molecular complexity index is 1200. The van der Waals surface area contributed by atoms with Crippen molar-refractivity contribution >= 4 is 0 Å². The molecule has 0 amide bonds. The number of hydrogen-bond acceptors (Lipinski definition) is 7. The summed E-state index contributed by atoms with van der Waals surface area (Å²) in [5.74, 6) is 1.41. The van der Waals surface area contributed by atoms with Crippen molar-refractivity contribution in [3.63, 3.8) is 0 Å². The number of alkyl halides is 3. The van der Waals surface area contributed by atoms with Crippen LogP contribution in [0.15, 0.2) is 59.3 Å². The lowest BCUT2D eigenvalue weighted by molar-refractivity contribution is -0.274. The zero-order chi connectivity index (χ0) is 22.7. The second-order valence-corrected chi connectivity index (χ2v) is 6.62. The average Bonchev–Trinajstić information content (AvgIpc) is 3.43.